The summed E-state index contributed by atoms with van der Waals surface area (Å²) < 4.78 is 5.76. The van der Waals surface area contributed by atoms with E-state index in [0.29, 0.717) is 11.6 Å². The summed E-state index contributed by atoms with van der Waals surface area (Å²) in [5, 5.41) is 10.3. The Hall–Kier alpha value is -0.720. The number of hydrogen-bond acceptors (Lipinski definition) is 2. The second kappa shape index (κ2) is 7.77. The molecule has 0 amide bonds. The lowest BCUT2D eigenvalue weighted by Crippen LogP contribution is -2.08. The van der Waals surface area contributed by atoms with Gasteiger partial charge in [-0.1, -0.05) is 39.7 Å². The molecule has 0 bridgehead atoms. The van der Waals surface area contributed by atoms with E-state index in [0.717, 1.165) is 35.9 Å². The van der Waals surface area contributed by atoms with E-state index in [1.54, 1.807) is 0 Å². The summed E-state index contributed by atoms with van der Waals surface area (Å²) >= 11 is 9.55. The summed E-state index contributed by atoms with van der Waals surface area (Å²) in [5.74, 6) is 0.764. The van der Waals surface area contributed by atoms with Crippen LogP contribution in [0.5, 0.6) is 5.75 Å². The lowest BCUT2D eigenvalue weighted by atomic mass is 9.89. The Kier molecular flexibility index (Phi) is 6.68. The van der Waals surface area contributed by atoms with Crippen molar-refractivity contribution in [2.24, 2.45) is 5.41 Å². The zero-order valence-corrected chi connectivity index (χ0v) is 13.7. The third-order valence-electron chi connectivity index (χ3n) is 2.94. The van der Waals surface area contributed by atoms with Gasteiger partial charge in [0.2, 0.25) is 0 Å². The van der Waals surface area contributed by atoms with Crippen molar-refractivity contribution in [2.45, 2.75) is 38.4 Å². The molecule has 4 heteroatoms. The average molecular weight is 345 g/mol. The zero-order valence-electron chi connectivity index (χ0n) is 11.4. The number of alkyl halides is 1. The number of nitriles is 1. The summed E-state index contributed by atoms with van der Waals surface area (Å²) in [5.41, 5.74) is 0.815. The van der Waals surface area contributed by atoms with Crippen molar-refractivity contribution in [2.75, 3.05) is 6.61 Å². The van der Waals surface area contributed by atoms with Crippen LogP contribution < -0.4 is 4.74 Å². The molecule has 1 aromatic carbocycles. The summed E-state index contributed by atoms with van der Waals surface area (Å²) in [6.07, 6.45) is 2.80. The van der Waals surface area contributed by atoms with E-state index in [1.807, 2.05) is 32.0 Å². The van der Waals surface area contributed by atoms with Crippen molar-refractivity contribution in [3.8, 4) is 11.8 Å². The van der Waals surface area contributed by atoms with Crippen LogP contribution in [-0.4, -0.2) is 6.61 Å². The van der Waals surface area contributed by atoms with Crippen LogP contribution in [0.2, 0.25) is 5.02 Å². The van der Waals surface area contributed by atoms with E-state index >= 15 is 0 Å². The molecule has 2 nitrogen and oxygen atoms in total. The molecule has 1 aromatic rings. The summed E-state index contributed by atoms with van der Waals surface area (Å²) in [4.78, 5) is 0. The Morgan fingerprint density at radius 3 is 2.74 bits per heavy atom. The van der Waals surface area contributed by atoms with Gasteiger partial charge in [0, 0.05) is 10.9 Å². The molecule has 0 aliphatic carbocycles. The molecule has 0 aliphatic rings. The minimum atomic E-state index is -0.245. The molecule has 0 heterocycles. The first-order chi connectivity index (χ1) is 9.00. The standard InChI is InChI=1S/C15H19BrClNO/c1-15(2,11-18)8-3-4-9-19-14-12(10-16)6-5-7-13(14)17/h5-7H,3-4,8-10H2,1-2H3. The van der Waals surface area contributed by atoms with Crippen LogP contribution in [0.4, 0.5) is 0 Å². The molecule has 19 heavy (non-hydrogen) atoms. The zero-order chi connectivity index (χ0) is 14.3. The van der Waals surface area contributed by atoms with Crippen molar-refractivity contribution in [3.63, 3.8) is 0 Å². The first kappa shape index (κ1) is 16.3. The van der Waals surface area contributed by atoms with E-state index in [2.05, 4.69) is 22.0 Å². The van der Waals surface area contributed by atoms with Gasteiger partial charge in [-0.05, 0) is 39.2 Å². The van der Waals surface area contributed by atoms with Gasteiger partial charge >= 0.3 is 0 Å². The highest BCUT2D eigenvalue weighted by atomic mass is 79.9. The van der Waals surface area contributed by atoms with Crippen LogP contribution in [0.3, 0.4) is 0 Å². The number of para-hydroxylation sites is 1. The monoisotopic (exact) mass is 343 g/mol. The molecule has 0 spiro atoms. The molecule has 0 radical (unpaired) electrons. The van der Waals surface area contributed by atoms with E-state index in [4.69, 9.17) is 21.6 Å². The van der Waals surface area contributed by atoms with Crippen molar-refractivity contribution in [1.82, 2.24) is 0 Å². The molecular formula is C15H19BrClNO. The molecule has 104 valence electrons. The number of ether oxygens (including phenoxy) is 1. The van der Waals surface area contributed by atoms with Crippen molar-refractivity contribution >= 4 is 27.5 Å². The molecule has 0 unspecified atom stereocenters. The second-order valence-corrected chi connectivity index (χ2v) is 6.13. The Balaban J connectivity index is 2.40. The lowest BCUT2D eigenvalue weighted by molar-refractivity contribution is 0.293. The fourth-order valence-corrected chi connectivity index (χ4v) is 2.41. The van der Waals surface area contributed by atoms with Gasteiger partial charge in [-0.3, -0.25) is 0 Å². The molecule has 0 atom stereocenters. The van der Waals surface area contributed by atoms with Crippen LogP contribution in [-0.2, 0) is 5.33 Å². The topological polar surface area (TPSA) is 33.0 Å². The minimum absolute atomic E-state index is 0.245. The van der Waals surface area contributed by atoms with Gasteiger partial charge in [0.05, 0.1) is 23.1 Å². The third-order valence-corrected chi connectivity index (χ3v) is 3.84. The van der Waals surface area contributed by atoms with E-state index < -0.39 is 0 Å². The largest absolute Gasteiger partial charge is 0.492 e. The molecular weight excluding hydrogens is 326 g/mol. The van der Waals surface area contributed by atoms with Gasteiger partial charge in [0.1, 0.15) is 5.75 Å². The molecule has 1 rings (SSSR count). The normalized spacial score (nSPS) is 11.1. The highest BCUT2D eigenvalue weighted by Gasteiger charge is 2.15. The number of nitrogens with zero attached hydrogens (tertiary/aromatic N) is 1. The predicted molar refractivity (Wildman–Crippen MR) is 82.8 cm³/mol. The van der Waals surface area contributed by atoms with Gasteiger partial charge < -0.3 is 4.74 Å². The molecule has 0 saturated heterocycles. The fourth-order valence-electron chi connectivity index (χ4n) is 1.72. The van der Waals surface area contributed by atoms with Crippen LogP contribution in [0.25, 0.3) is 0 Å². The van der Waals surface area contributed by atoms with Gasteiger partial charge in [0.25, 0.3) is 0 Å². The maximum absolute atomic E-state index is 8.93. The van der Waals surface area contributed by atoms with Gasteiger partial charge in [-0.2, -0.15) is 5.26 Å². The summed E-state index contributed by atoms with van der Waals surface area (Å²) in [6.45, 7) is 4.56. The third kappa shape index (κ3) is 5.42. The predicted octanol–water partition coefficient (Wildman–Crippen LogP) is 5.33. The summed E-state index contributed by atoms with van der Waals surface area (Å²) in [6, 6.07) is 8.06. The van der Waals surface area contributed by atoms with Gasteiger partial charge in [-0.25, -0.2) is 0 Å². The van der Waals surface area contributed by atoms with Crippen LogP contribution in [0.1, 0.15) is 38.7 Å². The first-order valence-electron chi connectivity index (χ1n) is 6.37. The maximum atomic E-state index is 8.93. The number of unbranched alkanes of at least 4 members (excludes halogenated alkanes) is 1. The van der Waals surface area contributed by atoms with E-state index in [-0.39, 0.29) is 5.41 Å². The SMILES string of the molecule is CC(C)(C#N)CCCCOc1c(Cl)cccc1CBr. The smallest absolute Gasteiger partial charge is 0.141 e. The number of hydrogen-bond donors (Lipinski definition) is 0. The Labute approximate surface area is 128 Å². The maximum Gasteiger partial charge on any atom is 0.141 e. The highest BCUT2D eigenvalue weighted by Crippen LogP contribution is 2.30. The number of rotatable bonds is 7. The van der Waals surface area contributed by atoms with Crippen molar-refractivity contribution in [3.05, 3.63) is 28.8 Å². The first-order valence-corrected chi connectivity index (χ1v) is 7.87. The van der Waals surface area contributed by atoms with E-state index in [1.165, 1.54) is 0 Å². The van der Waals surface area contributed by atoms with Crippen LogP contribution in [0.15, 0.2) is 18.2 Å². The second-order valence-electron chi connectivity index (χ2n) is 5.16. The molecule has 0 aromatic heterocycles. The van der Waals surface area contributed by atoms with Gasteiger partial charge in [-0.15, -0.1) is 0 Å². The minimum Gasteiger partial charge on any atom is -0.492 e. The average Bonchev–Trinajstić information content (AvgIpc) is 2.39. The Bertz CT molecular complexity index is 454. The van der Waals surface area contributed by atoms with Crippen LogP contribution in [0, 0.1) is 16.7 Å². The fraction of sp³-hybridized carbons (Fsp3) is 0.533. The summed E-state index contributed by atoms with van der Waals surface area (Å²) in [7, 11) is 0. The van der Waals surface area contributed by atoms with Crippen molar-refractivity contribution < 1.29 is 4.74 Å². The van der Waals surface area contributed by atoms with E-state index in [9.17, 15) is 0 Å². The molecule has 0 fully saturated rings. The quantitative estimate of drug-likeness (QED) is 0.494. The molecule has 0 aliphatic heterocycles. The van der Waals surface area contributed by atoms with Crippen molar-refractivity contribution in [1.29, 1.82) is 5.26 Å². The number of halogens is 2. The van der Waals surface area contributed by atoms with Crippen LogP contribution >= 0.6 is 27.5 Å². The number of benzene rings is 1. The Morgan fingerprint density at radius 2 is 2.11 bits per heavy atom. The lowest BCUT2D eigenvalue weighted by Gasteiger charge is -2.15. The Morgan fingerprint density at radius 1 is 1.37 bits per heavy atom. The van der Waals surface area contributed by atoms with Gasteiger partial charge in [0.15, 0.2) is 0 Å². The molecule has 0 saturated carbocycles. The molecule has 0 N–H and O–H groups in total. The highest BCUT2D eigenvalue weighted by molar-refractivity contribution is 9.08.